The summed E-state index contributed by atoms with van der Waals surface area (Å²) in [5.41, 5.74) is 0.514. The van der Waals surface area contributed by atoms with Crippen LogP contribution in [0.5, 0.6) is 5.75 Å². The van der Waals surface area contributed by atoms with Gasteiger partial charge in [-0.25, -0.2) is 4.39 Å². The van der Waals surface area contributed by atoms with E-state index in [1.54, 1.807) is 18.2 Å². The molecule has 0 aliphatic heterocycles. The van der Waals surface area contributed by atoms with Crippen LogP contribution in [-0.4, -0.2) is 26.4 Å². The highest BCUT2D eigenvalue weighted by molar-refractivity contribution is 7.99. The van der Waals surface area contributed by atoms with Gasteiger partial charge < -0.3 is 14.6 Å². The van der Waals surface area contributed by atoms with Gasteiger partial charge in [0.25, 0.3) is 0 Å². The first-order chi connectivity index (χ1) is 14.4. The van der Waals surface area contributed by atoms with Crippen molar-refractivity contribution in [2.45, 2.75) is 25.2 Å². The predicted octanol–water partition coefficient (Wildman–Crippen LogP) is 5.71. The molecule has 0 radical (unpaired) electrons. The van der Waals surface area contributed by atoms with Crippen molar-refractivity contribution in [3.63, 3.8) is 0 Å². The molecule has 0 unspecified atom stereocenters. The van der Waals surface area contributed by atoms with E-state index in [0.29, 0.717) is 39.0 Å². The highest BCUT2D eigenvalue weighted by atomic mass is 35.5. The van der Waals surface area contributed by atoms with Crippen LogP contribution in [0.15, 0.2) is 41.6 Å². The van der Waals surface area contributed by atoms with Gasteiger partial charge in [-0.2, -0.15) is 0 Å². The van der Waals surface area contributed by atoms with Crippen LogP contribution in [0, 0.1) is 5.82 Å². The van der Waals surface area contributed by atoms with Gasteiger partial charge in [0, 0.05) is 22.3 Å². The van der Waals surface area contributed by atoms with Crippen LogP contribution in [0.25, 0.3) is 0 Å². The Kier molecular flexibility index (Phi) is 7.82. The topological polar surface area (TPSA) is 69.0 Å². The van der Waals surface area contributed by atoms with Gasteiger partial charge in [0.15, 0.2) is 11.0 Å². The molecule has 0 aliphatic carbocycles. The lowest BCUT2D eigenvalue weighted by Gasteiger charge is -2.10. The fraction of sp³-hybridized carbons (Fsp3) is 0.211. The molecule has 1 N–H and O–H groups in total. The second-order valence-electron chi connectivity index (χ2n) is 6.00. The number of amides is 1. The molecule has 0 bridgehead atoms. The number of nitrogens with zero attached hydrogens (tertiary/aromatic N) is 3. The third-order valence-corrected chi connectivity index (χ3v) is 5.54. The average Bonchev–Trinajstić information content (AvgIpc) is 3.06. The van der Waals surface area contributed by atoms with E-state index in [1.807, 2.05) is 11.5 Å². The molecule has 3 rings (SSSR count). The van der Waals surface area contributed by atoms with Gasteiger partial charge in [-0.1, -0.05) is 46.6 Å². The van der Waals surface area contributed by atoms with Crippen molar-refractivity contribution in [3.05, 3.63) is 63.1 Å². The zero-order valence-electron chi connectivity index (χ0n) is 15.7. The van der Waals surface area contributed by atoms with Gasteiger partial charge in [0.2, 0.25) is 5.91 Å². The summed E-state index contributed by atoms with van der Waals surface area (Å²) < 4.78 is 20.6. The van der Waals surface area contributed by atoms with Crippen LogP contribution < -0.4 is 10.1 Å². The van der Waals surface area contributed by atoms with Gasteiger partial charge in [-0.3, -0.25) is 4.79 Å². The molecule has 0 saturated heterocycles. The Morgan fingerprint density at radius 3 is 2.57 bits per heavy atom. The summed E-state index contributed by atoms with van der Waals surface area (Å²) in [7, 11) is 0. The van der Waals surface area contributed by atoms with Gasteiger partial charge in [-0.05, 0) is 43.3 Å². The monoisotopic (exact) mass is 488 g/mol. The fourth-order valence-electron chi connectivity index (χ4n) is 2.54. The minimum absolute atomic E-state index is 0.0972. The SMILES string of the molecule is CCn1c(COc2ccc(F)cc2Cl)nnc1SCC(=O)Nc1cc(Cl)cc(Cl)c1. The highest BCUT2D eigenvalue weighted by Gasteiger charge is 2.15. The van der Waals surface area contributed by atoms with Crippen molar-refractivity contribution in [3.8, 4) is 5.75 Å². The minimum atomic E-state index is -0.443. The van der Waals surface area contributed by atoms with Crippen LogP contribution in [-0.2, 0) is 17.9 Å². The first-order valence-corrected chi connectivity index (χ1v) is 10.9. The molecule has 3 aromatic rings. The number of anilines is 1. The summed E-state index contributed by atoms with van der Waals surface area (Å²) in [6.07, 6.45) is 0. The van der Waals surface area contributed by atoms with Gasteiger partial charge in [0.05, 0.1) is 10.8 Å². The maximum Gasteiger partial charge on any atom is 0.234 e. The molecular weight excluding hydrogens is 474 g/mol. The Hall–Kier alpha value is -2.00. The van der Waals surface area contributed by atoms with Crippen LogP contribution in [0.2, 0.25) is 15.1 Å². The molecule has 0 spiro atoms. The fourth-order valence-corrected chi connectivity index (χ4v) is 4.11. The number of benzene rings is 2. The Morgan fingerprint density at radius 2 is 1.90 bits per heavy atom. The Morgan fingerprint density at radius 1 is 1.17 bits per heavy atom. The molecule has 0 saturated carbocycles. The van der Waals surface area contributed by atoms with E-state index in [2.05, 4.69) is 15.5 Å². The number of hydrogen-bond acceptors (Lipinski definition) is 5. The van der Waals surface area contributed by atoms with Crippen molar-refractivity contribution in [1.29, 1.82) is 0 Å². The van der Waals surface area contributed by atoms with E-state index >= 15 is 0 Å². The molecule has 158 valence electrons. The lowest BCUT2D eigenvalue weighted by Crippen LogP contribution is -2.15. The van der Waals surface area contributed by atoms with Crippen LogP contribution in [0.3, 0.4) is 0 Å². The normalized spacial score (nSPS) is 10.8. The molecule has 0 atom stereocenters. The molecule has 1 aromatic heterocycles. The van der Waals surface area contributed by atoms with E-state index in [0.717, 1.165) is 0 Å². The van der Waals surface area contributed by atoms with E-state index in [-0.39, 0.29) is 23.3 Å². The van der Waals surface area contributed by atoms with Crippen molar-refractivity contribution >= 4 is 58.2 Å². The van der Waals surface area contributed by atoms with Crippen molar-refractivity contribution in [2.24, 2.45) is 0 Å². The number of carbonyl (C=O) groups excluding carboxylic acids is 1. The van der Waals surface area contributed by atoms with E-state index in [1.165, 1.54) is 30.0 Å². The third-order valence-electron chi connectivity index (χ3n) is 3.84. The van der Waals surface area contributed by atoms with Crippen molar-refractivity contribution in [2.75, 3.05) is 11.1 Å². The highest BCUT2D eigenvalue weighted by Crippen LogP contribution is 2.26. The number of hydrogen-bond donors (Lipinski definition) is 1. The van der Waals surface area contributed by atoms with Crippen LogP contribution in [0.4, 0.5) is 10.1 Å². The lowest BCUT2D eigenvalue weighted by atomic mass is 10.3. The summed E-state index contributed by atoms with van der Waals surface area (Å²) in [5, 5.41) is 12.6. The number of nitrogens with one attached hydrogen (secondary N) is 1. The summed E-state index contributed by atoms with van der Waals surface area (Å²) >= 11 is 19.1. The van der Waals surface area contributed by atoms with E-state index < -0.39 is 5.82 Å². The van der Waals surface area contributed by atoms with Crippen molar-refractivity contribution in [1.82, 2.24) is 14.8 Å². The standard InChI is InChI=1S/C19H16Cl3FN4O2S/c1-2-27-17(9-29-16-4-3-13(23)8-15(16)22)25-26-19(27)30-10-18(28)24-14-6-11(20)5-12(21)7-14/h3-8H,2,9-10H2,1H3,(H,24,28). The summed E-state index contributed by atoms with van der Waals surface area (Å²) in [6, 6.07) is 8.70. The maximum absolute atomic E-state index is 13.1. The number of thioether (sulfide) groups is 1. The molecule has 0 fully saturated rings. The summed E-state index contributed by atoms with van der Waals surface area (Å²) in [5.74, 6) is 0.341. The molecule has 6 nitrogen and oxygen atoms in total. The largest absolute Gasteiger partial charge is 0.484 e. The molecule has 1 amide bonds. The number of carbonyl (C=O) groups is 1. The second-order valence-corrected chi connectivity index (χ2v) is 8.22. The van der Waals surface area contributed by atoms with Gasteiger partial charge in [-0.15, -0.1) is 10.2 Å². The van der Waals surface area contributed by atoms with E-state index in [4.69, 9.17) is 39.5 Å². The minimum Gasteiger partial charge on any atom is -0.484 e. The number of aromatic nitrogens is 3. The third kappa shape index (κ3) is 6.01. The summed E-state index contributed by atoms with van der Waals surface area (Å²) in [6.45, 7) is 2.60. The molecule has 11 heteroatoms. The number of rotatable bonds is 8. The smallest absolute Gasteiger partial charge is 0.234 e. The second kappa shape index (κ2) is 10.3. The Labute approximate surface area is 191 Å². The van der Waals surface area contributed by atoms with Crippen LogP contribution >= 0.6 is 46.6 Å². The molecular formula is C19H16Cl3FN4O2S. The van der Waals surface area contributed by atoms with Gasteiger partial charge in [0.1, 0.15) is 18.2 Å². The predicted molar refractivity (Wildman–Crippen MR) is 117 cm³/mol. The first-order valence-electron chi connectivity index (χ1n) is 8.74. The lowest BCUT2D eigenvalue weighted by molar-refractivity contribution is -0.113. The first kappa shape index (κ1) is 22.7. The Bertz CT molecular complexity index is 1040. The number of ether oxygens (including phenoxy) is 1. The van der Waals surface area contributed by atoms with Gasteiger partial charge >= 0.3 is 0 Å². The quantitative estimate of drug-likeness (QED) is 0.411. The zero-order chi connectivity index (χ0) is 21.7. The molecule has 30 heavy (non-hydrogen) atoms. The molecule has 0 aliphatic rings. The molecule has 1 heterocycles. The Balaban J connectivity index is 1.60. The van der Waals surface area contributed by atoms with E-state index in [9.17, 15) is 9.18 Å². The zero-order valence-corrected chi connectivity index (χ0v) is 18.7. The van der Waals surface area contributed by atoms with Crippen LogP contribution in [0.1, 0.15) is 12.7 Å². The summed E-state index contributed by atoms with van der Waals surface area (Å²) in [4.78, 5) is 12.2. The maximum atomic E-state index is 13.1. The number of halogens is 4. The molecule has 2 aromatic carbocycles. The van der Waals surface area contributed by atoms with Crippen molar-refractivity contribution < 1.29 is 13.9 Å². The average molecular weight is 490 g/mol.